The van der Waals surface area contributed by atoms with Crippen molar-refractivity contribution in [3.05, 3.63) is 64.8 Å². The highest BCUT2D eigenvalue weighted by Crippen LogP contribution is 2.43. The van der Waals surface area contributed by atoms with E-state index in [1.165, 1.54) is 7.11 Å². The Morgan fingerprint density at radius 2 is 1.88 bits per heavy atom. The van der Waals surface area contributed by atoms with Crippen molar-refractivity contribution in [2.45, 2.75) is 0 Å². The average Bonchev–Trinajstić information content (AvgIpc) is 3.22. The lowest BCUT2D eigenvalue weighted by Gasteiger charge is -2.02. The van der Waals surface area contributed by atoms with E-state index in [0.717, 1.165) is 25.0 Å². The predicted octanol–water partition coefficient (Wildman–Crippen LogP) is 5.69. The van der Waals surface area contributed by atoms with Crippen LogP contribution in [-0.2, 0) is 4.74 Å². The van der Waals surface area contributed by atoms with Gasteiger partial charge in [0.05, 0.1) is 18.5 Å². The number of nitrogen functional groups attached to an aromatic ring is 1. The number of ether oxygens (including phenoxy) is 1. The third-order valence-corrected chi connectivity index (χ3v) is 5.90. The molecule has 0 atom stereocenters. The molecule has 2 aromatic carbocycles. The molecule has 0 aliphatic carbocycles. The van der Waals surface area contributed by atoms with E-state index in [0.29, 0.717) is 22.6 Å². The van der Waals surface area contributed by atoms with Crippen molar-refractivity contribution in [2.24, 2.45) is 0 Å². The molecular formula is C20H15BrN2O2S. The normalized spacial score (nSPS) is 11.0. The molecule has 0 saturated heterocycles. The number of methoxy groups -OCH3 is 1. The molecule has 130 valence electrons. The lowest BCUT2D eigenvalue weighted by molar-refractivity contribution is 0.0596. The summed E-state index contributed by atoms with van der Waals surface area (Å²) in [4.78, 5) is 16.5. The summed E-state index contributed by atoms with van der Waals surface area (Å²) in [6.07, 6.45) is 0. The first-order chi connectivity index (χ1) is 12.6. The second-order valence-electron chi connectivity index (χ2n) is 5.81. The van der Waals surface area contributed by atoms with Crippen LogP contribution in [-0.4, -0.2) is 18.1 Å². The van der Waals surface area contributed by atoms with E-state index in [2.05, 4.69) is 33.0 Å². The molecule has 0 fully saturated rings. The monoisotopic (exact) mass is 426 g/mol. The number of aromatic amines is 1. The van der Waals surface area contributed by atoms with Crippen LogP contribution in [0.5, 0.6) is 0 Å². The Kier molecular flexibility index (Phi) is 4.30. The van der Waals surface area contributed by atoms with E-state index in [1.54, 1.807) is 11.3 Å². The number of hydrogen-bond donors (Lipinski definition) is 2. The highest BCUT2D eigenvalue weighted by molar-refractivity contribution is 9.10. The molecule has 2 aromatic heterocycles. The average molecular weight is 427 g/mol. The van der Waals surface area contributed by atoms with E-state index in [4.69, 9.17) is 10.5 Å². The maximum atomic E-state index is 12.4. The van der Waals surface area contributed by atoms with E-state index in [9.17, 15) is 4.79 Å². The molecule has 0 aliphatic rings. The Bertz CT molecular complexity index is 1080. The zero-order valence-electron chi connectivity index (χ0n) is 13.9. The Morgan fingerprint density at radius 3 is 2.58 bits per heavy atom. The van der Waals surface area contributed by atoms with Crippen LogP contribution >= 0.6 is 27.3 Å². The Labute approximate surface area is 162 Å². The maximum absolute atomic E-state index is 12.4. The van der Waals surface area contributed by atoms with Crippen LogP contribution in [0.3, 0.4) is 0 Å². The van der Waals surface area contributed by atoms with Gasteiger partial charge in [0.15, 0.2) is 0 Å². The van der Waals surface area contributed by atoms with Crippen LogP contribution in [0, 0.1) is 0 Å². The van der Waals surface area contributed by atoms with E-state index in [1.807, 2.05) is 42.5 Å². The van der Waals surface area contributed by atoms with Crippen molar-refractivity contribution in [3.63, 3.8) is 0 Å². The summed E-state index contributed by atoms with van der Waals surface area (Å²) in [6.45, 7) is 0. The zero-order chi connectivity index (χ0) is 18.3. The van der Waals surface area contributed by atoms with Crippen LogP contribution < -0.4 is 5.73 Å². The maximum Gasteiger partial charge on any atom is 0.355 e. The van der Waals surface area contributed by atoms with Crippen molar-refractivity contribution in [1.82, 2.24) is 4.98 Å². The quantitative estimate of drug-likeness (QED) is 0.413. The Hall–Kier alpha value is -2.57. The van der Waals surface area contributed by atoms with Gasteiger partial charge in [-0.1, -0.05) is 46.3 Å². The van der Waals surface area contributed by atoms with Gasteiger partial charge in [-0.05, 0) is 29.7 Å². The van der Waals surface area contributed by atoms with Gasteiger partial charge < -0.3 is 15.5 Å². The molecule has 0 saturated carbocycles. The molecule has 4 rings (SSSR count). The Morgan fingerprint density at radius 1 is 1.15 bits per heavy atom. The first-order valence-electron chi connectivity index (χ1n) is 7.93. The Balaban J connectivity index is 1.95. The number of nitrogens with two attached hydrogens (primary N) is 1. The lowest BCUT2D eigenvalue weighted by atomic mass is 10.1. The molecule has 4 aromatic rings. The van der Waals surface area contributed by atoms with Crippen molar-refractivity contribution in [2.75, 3.05) is 12.8 Å². The first-order valence-corrected chi connectivity index (χ1v) is 9.54. The zero-order valence-corrected chi connectivity index (χ0v) is 16.3. The third-order valence-electron chi connectivity index (χ3n) is 4.23. The number of esters is 1. The fourth-order valence-electron chi connectivity index (χ4n) is 2.97. The summed E-state index contributed by atoms with van der Waals surface area (Å²) in [5, 5.41) is 1.12. The molecule has 0 radical (unpaired) electrons. The highest BCUT2D eigenvalue weighted by Gasteiger charge is 2.24. The van der Waals surface area contributed by atoms with Crippen LogP contribution in [0.1, 0.15) is 10.5 Å². The van der Waals surface area contributed by atoms with E-state index >= 15 is 0 Å². The van der Waals surface area contributed by atoms with Crippen molar-refractivity contribution >= 4 is 49.0 Å². The van der Waals surface area contributed by atoms with Crippen molar-refractivity contribution < 1.29 is 9.53 Å². The minimum atomic E-state index is -0.437. The number of rotatable bonds is 3. The number of halogens is 1. The number of nitrogens with one attached hydrogen (secondary N) is 1. The van der Waals surface area contributed by atoms with Crippen molar-refractivity contribution in [3.8, 4) is 21.7 Å². The van der Waals surface area contributed by atoms with Gasteiger partial charge in [-0.15, -0.1) is 11.3 Å². The summed E-state index contributed by atoms with van der Waals surface area (Å²) in [5.41, 5.74) is 9.70. The number of hydrogen-bond acceptors (Lipinski definition) is 4. The van der Waals surface area contributed by atoms with E-state index < -0.39 is 5.97 Å². The number of H-pyrrole nitrogens is 1. The lowest BCUT2D eigenvalue weighted by Crippen LogP contribution is -2.03. The molecular weight excluding hydrogens is 412 g/mol. The smallest absolute Gasteiger partial charge is 0.355 e. The largest absolute Gasteiger partial charge is 0.464 e. The number of aromatic nitrogens is 1. The second-order valence-corrected chi connectivity index (χ2v) is 7.81. The van der Waals surface area contributed by atoms with Crippen molar-refractivity contribution in [1.29, 1.82) is 0 Å². The standard InChI is InChI=1S/C20H15BrN2O2S/c1-25-20(24)19-16(15-10-12-4-2-3-5-14(12)26-15)17(22)18(23-19)11-6-8-13(21)9-7-11/h2-10,23H,22H2,1H3. The van der Waals surface area contributed by atoms with Crippen LogP contribution in [0.4, 0.5) is 5.69 Å². The minimum Gasteiger partial charge on any atom is -0.464 e. The molecule has 0 amide bonds. The minimum absolute atomic E-state index is 0.370. The molecule has 0 bridgehead atoms. The predicted molar refractivity (Wildman–Crippen MR) is 110 cm³/mol. The van der Waals surface area contributed by atoms with Gasteiger partial charge in [0.2, 0.25) is 0 Å². The summed E-state index contributed by atoms with van der Waals surface area (Å²) in [5.74, 6) is -0.437. The summed E-state index contributed by atoms with van der Waals surface area (Å²) in [7, 11) is 1.37. The molecule has 0 spiro atoms. The summed E-state index contributed by atoms with van der Waals surface area (Å²) >= 11 is 5.04. The van der Waals surface area contributed by atoms with E-state index in [-0.39, 0.29) is 0 Å². The number of thiophene rings is 1. The topological polar surface area (TPSA) is 68.1 Å². The number of benzene rings is 2. The van der Waals surface area contributed by atoms with Crippen LogP contribution in [0.25, 0.3) is 31.8 Å². The molecule has 2 heterocycles. The number of carbonyl (C=O) groups is 1. The number of anilines is 1. The fourth-order valence-corrected chi connectivity index (χ4v) is 4.37. The molecule has 0 unspecified atom stereocenters. The molecule has 26 heavy (non-hydrogen) atoms. The SMILES string of the molecule is COC(=O)c1[nH]c(-c2ccc(Br)cc2)c(N)c1-c1cc2ccccc2s1. The summed E-state index contributed by atoms with van der Waals surface area (Å²) < 4.78 is 7.09. The van der Waals surface area contributed by atoms with Crippen LogP contribution in [0.15, 0.2) is 59.1 Å². The van der Waals surface area contributed by atoms with Gasteiger partial charge in [-0.2, -0.15) is 0 Å². The highest BCUT2D eigenvalue weighted by atomic mass is 79.9. The molecule has 3 N–H and O–H groups in total. The summed E-state index contributed by atoms with van der Waals surface area (Å²) in [6, 6.07) is 17.9. The second kappa shape index (κ2) is 6.63. The van der Waals surface area contributed by atoms with Gasteiger partial charge in [-0.3, -0.25) is 0 Å². The fraction of sp³-hybridized carbons (Fsp3) is 0.0500. The van der Waals surface area contributed by atoms with Gasteiger partial charge >= 0.3 is 5.97 Å². The molecule has 0 aliphatic heterocycles. The molecule has 4 nitrogen and oxygen atoms in total. The van der Waals surface area contributed by atoms with Gasteiger partial charge in [0.1, 0.15) is 5.69 Å². The van der Waals surface area contributed by atoms with Gasteiger partial charge in [0, 0.05) is 25.2 Å². The molecule has 6 heteroatoms. The van der Waals surface area contributed by atoms with Gasteiger partial charge in [-0.25, -0.2) is 4.79 Å². The first kappa shape index (κ1) is 16.9. The number of carbonyl (C=O) groups excluding carboxylic acids is 1. The van der Waals surface area contributed by atoms with Gasteiger partial charge in [0.25, 0.3) is 0 Å². The van der Waals surface area contributed by atoms with Crippen LogP contribution in [0.2, 0.25) is 0 Å². The third kappa shape index (κ3) is 2.81. The number of fused-ring (bicyclic) bond motifs is 1.